The lowest BCUT2D eigenvalue weighted by Crippen LogP contribution is -2.21. The monoisotopic (exact) mass is 271 g/mol. The molecule has 1 saturated heterocycles. The van der Waals surface area contributed by atoms with Crippen molar-refractivity contribution < 1.29 is 0 Å². The third-order valence-corrected chi connectivity index (χ3v) is 3.77. The molecule has 2 heterocycles. The summed E-state index contributed by atoms with van der Waals surface area (Å²) in [6.45, 7) is 4.61. The first-order chi connectivity index (χ1) is 9.81. The Bertz CT molecular complexity index is 540. The zero-order valence-electron chi connectivity index (χ0n) is 11.7. The van der Waals surface area contributed by atoms with Crippen LogP contribution in [0.5, 0.6) is 0 Å². The van der Waals surface area contributed by atoms with E-state index in [4.69, 9.17) is 5.73 Å². The van der Waals surface area contributed by atoms with Crippen LogP contribution >= 0.6 is 0 Å². The van der Waals surface area contributed by atoms with Gasteiger partial charge in [0.1, 0.15) is 6.33 Å². The number of anilines is 1. The molecule has 5 heteroatoms. The first kappa shape index (κ1) is 13.1. The zero-order valence-corrected chi connectivity index (χ0v) is 11.7. The second kappa shape index (κ2) is 6.05. The average molecular weight is 271 g/mol. The summed E-state index contributed by atoms with van der Waals surface area (Å²) >= 11 is 0. The molecule has 1 aromatic carbocycles. The molecule has 1 fully saturated rings. The topological polar surface area (TPSA) is 60.0 Å². The SMILES string of the molecule is Nc1ccc(-c2ncn(CCCN3CCCC3)n2)cc1. The molecule has 2 aromatic rings. The lowest BCUT2D eigenvalue weighted by molar-refractivity contribution is 0.322. The molecule has 0 saturated carbocycles. The van der Waals surface area contributed by atoms with E-state index in [1.54, 1.807) is 0 Å². The first-order valence-electron chi connectivity index (χ1n) is 7.29. The molecule has 1 aliphatic heterocycles. The van der Waals surface area contributed by atoms with Gasteiger partial charge in [0.05, 0.1) is 0 Å². The predicted molar refractivity (Wildman–Crippen MR) is 80.2 cm³/mol. The number of hydrogen-bond donors (Lipinski definition) is 1. The van der Waals surface area contributed by atoms with Crippen LogP contribution in [-0.2, 0) is 6.54 Å². The molecule has 3 rings (SSSR count). The molecule has 0 bridgehead atoms. The molecule has 0 atom stereocenters. The van der Waals surface area contributed by atoms with Crippen LogP contribution in [0.25, 0.3) is 11.4 Å². The molecule has 1 aromatic heterocycles. The highest BCUT2D eigenvalue weighted by Crippen LogP contribution is 2.16. The van der Waals surface area contributed by atoms with Gasteiger partial charge in [0.25, 0.3) is 0 Å². The summed E-state index contributed by atoms with van der Waals surface area (Å²) in [6.07, 6.45) is 5.65. The Morgan fingerprint density at radius 2 is 1.80 bits per heavy atom. The third-order valence-electron chi connectivity index (χ3n) is 3.77. The lowest BCUT2D eigenvalue weighted by atomic mass is 10.2. The zero-order chi connectivity index (χ0) is 13.8. The van der Waals surface area contributed by atoms with Crippen molar-refractivity contribution in [1.29, 1.82) is 0 Å². The highest BCUT2D eigenvalue weighted by Gasteiger charge is 2.10. The normalized spacial score (nSPS) is 15.8. The van der Waals surface area contributed by atoms with E-state index in [2.05, 4.69) is 15.0 Å². The van der Waals surface area contributed by atoms with Crippen molar-refractivity contribution in [1.82, 2.24) is 19.7 Å². The van der Waals surface area contributed by atoms with Gasteiger partial charge in [-0.3, -0.25) is 4.68 Å². The minimum Gasteiger partial charge on any atom is -0.399 e. The Hall–Kier alpha value is -1.88. The summed E-state index contributed by atoms with van der Waals surface area (Å²) in [5.74, 6) is 0.770. The molecule has 0 spiro atoms. The Morgan fingerprint density at radius 3 is 2.55 bits per heavy atom. The maximum atomic E-state index is 5.68. The van der Waals surface area contributed by atoms with Gasteiger partial charge in [0.2, 0.25) is 0 Å². The number of aryl methyl sites for hydroxylation is 1. The van der Waals surface area contributed by atoms with Crippen LogP contribution in [-0.4, -0.2) is 39.3 Å². The van der Waals surface area contributed by atoms with Crippen molar-refractivity contribution in [3.8, 4) is 11.4 Å². The summed E-state index contributed by atoms with van der Waals surface area (Å²) < 4.78 is 1.93. The fourth-order valence-electron chi connectivity index (χ4n) is 2.63. The van der Waals surface area contributed by atoms with Gasteiger partial charge < -0.3 is 10.6 Å². The van der Waals surface area contributed by atoms with Crippen LogP contribution in [0, 0.1) is 0 Å². The van der Waals surface area contributed by atoms with Crippen molar-refractivity contribution in [2.75, 3.05) is 25.4 Å². The van der Waals surface area contributed by atoms with Crippen molar-refractivity contribution in [2.45, 2.75) is 25.8 Å². The average Bonchev–Trinajstić information content (AvgIpc) is 3.11. The number of aromatic nitrogens is 3. The van der Waals surface area contributed by atoms with Crippen molar-refractivity contribution in [3.05, 3.63) is 30.6 Å². The quantitative estimate of drug-likeness (QED) is 0.845. The number of likely N-dealkylation sites (tertiary alicyclic amines) is 1. The van der Waals surface area contributed by atoms with E-state index in [0.717, 1.165) is 36.6 Å². The fraction of sp³-hybridized carbons (Fsp3) is 0.467. The van der Waals surface area contributed by atoms with Gasteiger partial charge >= 0.3 is 0 Å². The van der Waals surface area contributed by atoms with Gasteiger partial charge in [-0.05, 0) is 63.2 Å². The number of hydrogen-bond acceptors (Lipinski definition) is 4. The Morgan fingerprint density at radius 1 is 1.05 bits per heavy atom. The maximum Gasteiger partial charge on any atom is 0.181 e. The van der Waals surface area contributed by atoms with E-state index < -0.39 is 0 Å². The minimum atomic E-state index is 0.763. The maximum absolute atomic E-state index is 5.68. The molecule has 0 amide bonds. The highest BCUT2D eigenvalue weighted by atomic mass is 15.3. The molecule has 5 nitrogen and oxygen atoms in total. The summed E-state index contributed by atoms with van der Waals surface area (Å²) in [7, 11) is 0. The van der Waals surface area contributed by atoms with Gasteiger partial charge in [-0.25, -0.2) is 4.98 Å². The van der Waals surface area contributed by atoms with Crippen molar-refractivity contribution in [2.24, 2.45) is 0 Å². The van der Waals surface area contributed by atoms with Crippen LogP contribution in [0.1, 0.15) is 19.3 Å². The largest absolute Gasteiger partial charge is 0.399 e. The van der Waals surface area contributed by atoms with Gasteiger partial charge in [0, 0.05) is 17.8 Å². The van der Waals surface area contributed by atoms with Gasteiger partial charge in [-0.15, -0.1) is 0 Å². The lowest BCUT2D eigenvalue weighted by Gasteiger charge is -2.13. The minimum absolute atomic E-state index is 0.763. The number of nitrogens with two attached hydrogens (primary N) is 1. The van der Waals surface area contributed by atoms with E-state index in [1.807, 2.05) is 35.3 Å². The van der Waals surface area contributed by atoms with Crippen molar-refractivity contribution in [3.63, 3.8) is 0 Å². The smallest absolute Gasteiger partial charge is 0.181 e. The van der Waals surface area contributed by atoms with Crippen molar-refractivity contribution >= 4 is 5.69 Å². The van der Waals surface area contributed by atoms with Gasteiger partial charge in [-0.2, -0.15) is 5.10 Å². The highest BCUT2D eigenvalue weighted by molar-refractivity contribution is 5.57. The Kier molecular flexibility index (Phi) is 3.97. The predicted octanol–water partition coefficient (Wildman–Crippen LogP) is 2.01. The fourth-order valence-corrected chi connectivity index (χ4v) is 2.63. The van der Waals surface area contributed by atoms with Crippen LogP contribution in [0.3, 0.4) is 0 Å². The number of nitrogens with zero attached hydrogens (tertiary/aromatic N) is 4. The standard InChI is InChI=1S/C15H21N5/c16-14-6-4-13(5-7-14)15-17-12-20(18-15)11-3-10-19-8-1-2-9-19/h4-7,12H,1-3,8-11,16H2. The van der Waals surface area contributed by atoms with E-state index >= 15 is 0 Å². The molecule has 0 radical (unpaired) electrons. The molecule has 1 aliphatic rings. The van der Waals surface area contributed by atoms with Crippen LogP contribution < -0.4 is 5.73 Å². The Labute approximate surface area is 119 Å². The third kappa shape index (κ3) is 3.17. The molecule has 20 heavy (non-hydrogen) atoms. The second-order valence-electron chi connectivity index (χ2n) is 5.36. The van der Waals surface area contributed by atoms with Crippen LogP contribution in [0.2, 0.25) is 0 Å². The summed E-state index contributed by atoms with van der Waals surface area (Å²) in [6, 6.07) is 7.67. The second-order valence-corrected chi connectivity index (χ2v) is 5.36. The van der Waals surface area contributed by atoms with Crippen LogP contribution in [0.15, 0.2) is 30.6 Å². The van der Waals surface area contributed by atoms with E-state index in [9.17, 15) is 0 Å². The van der Waals surface area contributed by atoms with E-state index in [1.165, 1.54) is 25.9 Å². The summed E-state index contributed by atoms with van der Waals surface area (Å²) in [4.78, 5) is 6.89. The number of benzene rings is 1. The number of nitrogen functional groups attached to an aromatic ring is 1. The molecular weight excluding hydrogens is 250 g/mol. The molecule has 0 unspecified atom stereocenters. The molecule has 106 valence electrons. The van der Waals surface area contributed by atoms with Crippen LogP contribution in [0.4, 0.5) is 5.69 Å². The van der Waals surface area contributed by atoms with Gasteiger partial charge in [-0.1, -0.05) is 0 Å². The molecule has 0 aliphatic carbocycles. The first-order valence-corrected chi connectivity index (χ1v) is 7.29. The van der Waals surface area contributed by atoms with E-state index in [-0.39, 0.29) is 0 Å². The van der Waals surface area contributed by atoms with E-state index in [0.29, 0.717) is 0 Å². The summed E-state index contributed by atoms with van der Waals surface area (Å²) in [5, 5.41) is 4.52. The summed E-state index contributed by atoms with van der Waals surface area (Å²) in [5.41, 5.74) is 7.46. The molecular formula is C15H21N5. The Balaban J connectivity index is 1.55. The van der Waals surface area contributed by atoms with Gasteiger partial charge in [0.15, 0.2) is 5.82 Å². The molecule has 2 N–H and O–H groups in total. The number of rotatable bonds is 5.